The molecule has 0 spiro atoms. The van der Waals surface area contributed by atoms with Crippen molar-refractivity contribution in [1.29, 1.82) is 0 Å². The van der Waals surface area contributed by atoms with Gasteiger partial charge in [-0.05, 0) is 39.8 Å². The van der Waals surface area contributed by atoms with E-state index >= 15 is 0 Å². The first-order valence-electron chi connectivity index (χ1n) is 6.81. The summed E-state index contributed by atoms with van der Waals surface area (Å²) in [5.41, 5.74) is 2.63. The summed E-state index contributed by atoms with van der Waals surface area (Å²) in [5, 5.41) is 6.16. The molecule has 1 unspecified atom stereocenters. The van der Waals surface area contributed by atoms with Gasteiger partial charge in [0.2, 0.25) is 0 Å². The first kappa shape index (κ1) is 15.5. The van der Waals surface area contributed by atoms with E-state index < -0.39 is 0 Å². The number of hydrogen-bond acceptors (Lipinski definition) is 3. The van der Waals surface area contributed by atoms with Crippen LogP contribution in [0.5, 0.6) is 0 Å². The van der Waals surface area contributed by atoms with Gasteiger partial charge in [-0.2, -0.15) is 0 Å². The van der Waals surface area contributed by atoms with Gasteiger partial charge in [0.25, 0.3) is 5.91 Å². The third-order valence-corrected chi connectivity index (χ3v) is 2.74. The molecule has 0 saturated carbocycles. The number of hydrogen-bond donors (Lipinski definition) is 2. The standard InChI is InChI=1S/C15H24N2O2/c1-5-16-14-8-7-11(3)9-13(14)15(18)17-12(4)10-19-6-2/h7-9,12,16H,5-6,10H2,1-4H3,(H,17,18). The first-order valence-corrected chi connectivity index (χ1v) is 6.81. The highest BCUT2D eigenvalue weighted by molar-refractivity contribution is 6.00. The average molecular weight is 264 g/mol. The van der Waals surface area contributed by atoms with Crippen molar-refractivity contribution in [2.75, 3.05) is 25.1 Å². The molecule has 1 amide bonds. The number of carbonyl (C=O) groups excluding carboxylic acids is 1. The summed E-state index contributed by atoms with van der Waals surface area (Å²) in [5.74, 6) is -0.0631. The zero-order chi connectivity index (χ0) is 14.3. The van der Waals surface area contributed by atoms with E-state index in [9.17, 15) is 4.79 Å². The van der Waals surface area contributed by atoms with Crippen LogP contribution in [0.2, 0.25) is 0 Å². The van der Waals surface area contributed by atoms with Crippen molar-refractivity contribution in [1.82, 2.24) is 5.32 Å². The Balaban J connectivity index is 2.77. The van der Waals surface area contributed by atoms with Crippen LogP contribution in [0.4, 0.5) is 5.69 Å². The molecule has 0 radical (unpaired) electrons. The zero-order valence-corrected chi connectivity index (χ0v) is 12.2. The molecule has 0 heterocycles. The van der Waals surface area contributed by atoms with Crippen LogP contribution < -0.4 is 10.6 Å². The summed E-state index contributed by atoms with van der Waals surface area (Å²) in [6.45, 7) is 9.86. The maximum atomic E-state index is 12.3. The van der Waals surface area contributed by atoms with Gasteiger partial charge in [0, 0.05) is 24.9 Å². The van der Waals surface area contributed by atoms with Crippen LogP contribution in [0, 0.1) is 6.92 Å². The average Bonchev–Trinajstić information content (AvgIpc) is 2.38. The topological polar surface area (TPSA) is 50.4 Å². The third kappa shape index (κ3) is 4.91. The molecule has 0 aliphatic heterocycles. The van der Waals surface area contributed by atoms with Crippen LogP contribution in [0.3, 0.4) is 0 Å². The van der Waals surface area contributed by atoms with Gasteiger partial charge in [0.15, 0.2) is 0 Å². The number of carbonyl (C=O) groups is 1. The van der Waals surface area contributed by atoms with Gasteiger partial charge in [-0.3, -0.25) is 4.79 Å². The molecule has 1 atom stereocenters. The maximum absolute atomic E-state index is 12.3. The van der Waals surface area contributed by atoms with E-state index in [-0.39, 0.29) is 11.9 Å². The van der Waals surface area contributed by atoms with Crippen LogP contribution in [-0.4, -0.2) is 31.7 Å². The second-order valence-corrected chi connectivity index (χ2v) is 4.61. The summed E-state index contributed by atoms with van der Waals surface area (Å²) in [4.78, 5) is 12.3. The Labute approximate surface area is 115 Å². The van der Waals surface area contributed by atoms with Gasteiger partial charge in [0.1, 0.15) is 0 Å². The molecule has 1 aromatic carbocycles. The summed E-state index contributed by atoms with van der Waals surface area (Å²) >= 11 is 0. The SMILES string of the molecule is CCNc1ccc(C)cc1C(=O)NC(C)COCC. The van der Waals surface area contributed by atoms with Gasteiger partial charge in [-0.1, -0.05) is 11.6 Å². The predicted octanol–water partition coefficient (Wildman–Crippen LogP) is 2.58. The fourth-order valence-corrected chi connectivity index (χ4v) is 1.83. The fraction of sp³-hybridized carbons (Fsp3) is 0.533. The second-order valence-electron chi connectivity index (χ2n) is 4.61. The number of amides is 1. The van der Waals surface area contributed by atoms with Crippen LogP contribution in [-0.2, 0) is 4.74 Å². The largest absolute Gasteiger partial charge is 0.385 e. The van der Waals surface area contributed by atoms with E-state index in [0.717, 1.165) is 17.8 Å². The molecular weight excluding hydrogens is 240 g/mol. The molecule has 19 heavy (non-hydrogen) atoms. The van der Waals surface area contributed by atoms with Crippen LogP contribution in [0.25, 0.3) is 0 Å². The van der Waals surface area contributed by atoms with Gasteiger partial charge < -0.3 is 15.4 Å². The lowest BCUT2D eigenvalue weighted by atomic mass is 10.1. The Kier molecular flexibility index (Phi) is 6.36. The molecule has 4 heteroatoms. The minimum Gasteiger partial charge on any atom is -0.385 e. The number of ether oxygens (including phenoxy) is 1. The molecule has 0 aliphatic rings. The molecule has 4 nitrogen and oxygen atoms in total. The fourth-order valence-electron chi connectivity index (χ4n) is 1.83. The minimum atomic E-state index is -0.0631. The predicted molar refractivity (Wildman–Crippen MR) is 78.8 cm³/mol. The van der Waals surface area contributed by atoms with Crippen molar-refractivity contribution < 1.29 is 9.53 Å². The van der Waals surface area contributed by atoms with E-state index in [1.807, 2.05) is 45.9 Å². The van der Waals surface area contributed by atoms with Gasteiger partial charge in [-0.25, -0.2) is 0 Å². The number of aryl methyl sites for hydroxylation is 1. The minimum absolute atomic E-state index is 0.00226. The number of nitrogens with one attached hydrogen (secondary N) is 2. The molecule has 1 aromatic rings. The molecule has 0 aliphatic carbocycles. The number of benzene rings is 1. The van der Waals surface area contributed by atoms with Crippen LogP contribution in [0.1, 0.15) is 36.7 Å². The molecule has 0 saturated heterocycles. The summed E-state index contributed by atoms with van der Waals surface area (Å²) < 4.78 is 5.30. The Bertz CT molecular complexity index is 419. The van der Waals surface area contributed by atoms with E-state index in [2.05, 4.69) is 10.6 Å². The summed E-state index contributed by atoms with van der Waals surface area (Å²) in [7, 11) is 0. The zero-order valence-electron chi connectivity index (χ0n) is 12.2. The third-order valence-electron chi connectivity index (χ3n) is 2.74. The lowest BCUT2D eigenvalue weighted by Gasteiger charge is -2.16. The van der Waals surface area contributed by atoms with Gasteiger partial charge >= 0.3 is 0 Å². The number of anilines is 1. The number of rotatable bonds is 7. The van der Waals surface area contributed by atoms with E-state index in [1.165, 1.54) is 0 Å². The van der Waals surface area contributed by atoms with Crippen molar-refractivity contribution in [2.24, 2.45) is 0 Å². The monoisotopic (exact) mass is 264 g/mol. The highest BCUT2D eigenvalue weighted by Gasteiger charge is 2.13. The Hall–Kier alpha value is -1.55. The molecular formula is C15H24N2O2. The normalized spacial score (nSPS) is 12.0. The Morgan fingerprint density at radius 3 is 2.74 bits per heavy atom. The maximum Gasteiger partial charge on any atom is 0.253 e. The van der Waals surface area contributed by atoms with Crippen LogP contribution >= 0.6 is 0 Å². The van der Waals surface area contributed by atoms with Crippen molar-refractivity contribution in [3.8, 4) is 0 Å². The molecule has 1 rings (SSSR count). The quantitative estimate of drug-likeness (QED) is 0.796. The Morgan fingerprint density at radius 2 is 2.11 bits per heavy atom. The molecule has 0 bridgehead atoms. The highest BCUT2D eigenvalue weighted by Crippen LogP contribution is 2.17. The van der Waals surface area contributed by atoms with Crippen molar-refractivity contribution in [2.45, 2.75) is 33.7 Å². The van der Waals surface area contributed by atoms with Crippen LogP contribution in [0.15, 0.2) is 18.2 Å². The van der Waals surface area contributed by atoms with E-state index in [1.54, 1.807) is 0 Å². The van der Waals surface area contributed by atoms with Crippen molar-refractivity contribution in [3.63, 3.8) is 0 Å². The lowest BCUT2D eigenvalue weighted by molar-refractivity contribution is 0.0872. The van der Waals surface area contributed by atoms with Gasteiger partial charge in [-0.15, -0.1) is 0 Å². The molecule has 0 fully saturated rings. The Morgan fingerprint density at radius 1 is 1.37 bits per heavy atom. The summed E-state index contributed by atoms with van der Waals surface area (Å²) in [6.07, 6.45) is 0. The van der Waals surface area contributed by atoms with E-state index in [0.29, 0.717) is 18.8 Å². The molecule has 106 valence electrons. The molecule has 0 aromatic heterocycles. The van der Waals surface area contributed by atoms with Crippen molar-refractivity contribution >= 4 is 11.6 Å². The lowest BCUT2D eigenvalue weighted by Crippen LogP contribution is -2.36. The first-order chi connectivity index (χ1) is 9.08. The smallest absolute Gasteiger partial charge is 0.253 e. The highest BCUT2D eigenvalue weighted by atomic mass is 16.5. The van der Waals surface area contributed by atoms with Crippen molar-refractivity contribution in [3.05, 3.63) is 29.3 Å². The van der Waals surface area contributed by atoms with Gasteiger partial charge in [0.05, 0.1) is 12.2 Å². The summed E-state index contributed by atoms with van der Waals surface area (Å²) in [6, 6.07) is 5.85. The van der Waals surface area contributed by atoms with E-state index in [4.69, 9.17) is 4.74 Å². The second kappa shape index (κ2) is 7.79. The molecule has 2 N–H and O–H groups in total.